The SMILES string of the molecule is C=CCN1C(N/N=C\c2cccc([N+](=O)[O-])c2)=NC2C1C(=O)NC(=O)N2C. The molecule has 1 aromatic rings. The number of fused-ring (bicyclic) bond motifs is 1. The Bertz CT molecular complexity index is 866. The van der Waals surface area contributed by atoms with Gasteiger partial charge in [-0.2, -0.15) is 5.10 Å². The standard InChI is InChI=1S/C16H17N7O4/c1-3-7-22-12-13(21(2)16(25)19-14(12)24)18-15(22)20-17-9-10-5-4-6-11(8-10)23(26)27/h3-6,8-9,12-13H,1,7H2,2H3,(H,18,20)(H,19,24,25)/b17-9-. The van der Waals surface area contributed by atoms with Gasteiger partial charge >= 0.3 is 6.03 Å². The monoisotopic (exact) mass is 371 g/mol. The molecule has 140 valence electrons. The van der Waals surface area contributed by atoms with E-state index in [1.165, 1.54) is 23.2 Å². The summed E-state index contributed by atoms with van der Waals surface area (Å²) >= 11 is 0. The molecule has 2 atom stereocenters. The van der Waals surface area contributed by atoms with E-state index < -0.39 is 29.1 Å². The Balaban J connectivity index is 1.79. The summed E-state index contributed by atoms with van der Waals surface area (Å²) in [4.78, 5) is 41.7. The van der Waals surface area contributed by atoms with Crippen LogP contribution in [0.15, 0.2) is 47.0 Å². The summed E-state index contributed by atoms with van der Waals surface area (Å²) < 4.78 is 0. The number of amides is 3. The van der Waals surface area contributed by atoms with Gasteiger partial charge in [-0.1, -0.05) is 18.2 Å². The fourth-order valence-corrected chi connectivity index (χ4v) is 2.84. The van der Waals surface area contributed by atoms with Crippen LogP contribution in [0.3, 0.4) is 0 Å². The number of rotatable bonds is 5. The quantitative estimate of drug-likeness (QED) is 0.330. The first-order valence-corrected chi connectivity index (χ1v) is 7.99. The predicted molar refractivity (Wildman–Crippen MR) is 97.0 cm³/mol. The summed E-state index contributed by atoms with van der Waals surface area (Å²) in [5, 5.41) is 17.1. The fraction of sp³-hybridized carbons (Fsp3) is 0.250. The van der Waals surface area contributed by atoms with Crippen LogP contribution in [-0.4, -0.2) is 64.6 Å². The van der Waals surface area contributed by atoms with Crippen LogP contribution in [0.4, 0.5) is 10.5 Å². The number of nitro groups is 1. The van der Waals surface area contributed by atoms with E-state index in [1.54, 1.807) is 30.2 Å². The van der Waals surface area contributed by atoms with Crippen molar-refractivity contribution in [1.29, 1.82) is 0 Å². The Kier molecular flexibility index (Phi) is 4.83. The van der Waals surface area contributed by atoms with Gasteiger partial charge < -0.3 is 9.80 Å². The Labute approximate surface area is 154 Å². The summed E-state index contributed by atoms with van der Waals surface area (Å²) in [7, 11) is 1.55. The normalized spacial score (nSPS) is 21.7. The second kappa shape index (κ2) is 7.23. The lowest BCUT2D eigenvalue weighted by atomic mass is 10.1. The highest BCUT2D eigenvalue weighted by Gasteiger charge is 2.48. The van der Waals surface area contributed by atoms with Crippen molar-refractivity contribution in [2.75, 3.05) is 13.6 Å². The van der Waals surface area contributed by atoms with Crippen LogP contribution in [0.2, 0.25) is 0 Å². The van der Waals surface area contributed by atoms with Crippen molar-refractivity contribution < 1.29 is 14.5 Å². The van der Waals surface area contributed by atoms with Crippen LogP contribution in [0, 0.1) is 10.1 Å². The lowest BCUT2D eigenvalue weighted by Crippen LogP contribution is -2.64. The van der Waals surface area contributed by atoms with Crippen molar-refractivity contribution in [3.8, 4) is 0 Å². The number of nitrogens with zero attached hydrogens (tertiary/aromatic N) is 5. The number of benzene rings is 1. The van der Waals surface area contributed by atoms with Gasteiger partial charge in [0.1, 0.15) is 0 Å². The van der Waals surface area contributed by atoms with E-state index in [0.29, 0.717) is 18.1 Å². The van der Waals surface area contributed by atoms with E-state index in [2.05, 4.69) is 27.4 Å². The molecule has 0 radical (unpaired) electrons. The van der Waals surface area contributed by atoms with Gasteiger partial charge in [0, 0.05) is 31.3 Å². The van der Waals surface area contributed by atoms with Crippen molar-refractivity contribution in [3.63, 3.8) is 0 Å². The topological polar surface area (TPSA) is 133 Å². The van der Waals surface area contributed by atoms with Crippen LogP contribution < -0.4 is 10.7 Å². The first-order chi connectivity index (χ1) is 12.9. The average Bonchev–Trinajstić information content (AvgIpc) is 2.99. The van der Waals surface area contributed by atoms with Gasteiger partial charge in [0.25, 0.3) is 11.6 Å². The minimum atomic E-state index is -0.693. The maximum absolute atomic E-state index is 12.2. The molecular formula is C16H17N7O4. The summed E-state index contributed by atoms with van der Waals surface area (Å²) in [6.07, 6.45) is 2.33. The molecule has 11 heteroatoms. The second-order valence-electron chi connectivity index (χ2n) is 5.88. The van der Waals surface area contributed by atoms with Gasteiger partial charge in [-0.15, -0.1) is 6.58 Å². The van der Waals surface area contributed by atoms with Crippen molar-refractivity contribution in [2.45, 2.75) is 12.2 Å². The molecule has 2 heterocycles. The lowest BCUT2D eigenvalue weighted by Gasteiger charge is -2.35. The number of guanidine groups is 1. The molecule has 0 spiro atoms. The zero-order chi connectivity index (χ0) is 19.6. The van der Waals surface area contributed by atoms with Crippen LogP contribution >= 0.6 is 0 Å². The number of nitro benzene ring substituents is 1. The number of carbonyl (C=O) groups excluding carboxylic acids is 2. The van der Waals surface area contributed by atoms with Crippen LogP contribution in [0.1, 0.15) is 5.56 Å². The molecule has 0 saturated carbocycles. The zero-order valence-electron chi connectivity index (χ0n) is 14.4. The third-order valence-electron chi connectivity index (χ3n) is 4.15. The minimum Gasteiger partial charge on any atom is -0.322 e. The van der Waals surface area contributed by atoms with Crippen LogP contribution in [-0.2, 0) is 4.79 Å². The third-order valence-corrected chi connectivity index (χ3v) is 4.15. The maximum Gasteiger partial charge on any atom is 0.325 e. The molecule has 11 nitrogen and oxygen atoms in total. The van der Waals surface area contributed by atoms with Gasteiger partial charge in [-0.3, -0.25) is 20.2 Å². The molecular weight excluding hydrogens is 354 g/mol. The zero-order valence-corrected chi connectivity index (χ0v) is 14.4. The highest BCUT2D eigenvalue weighted by molar-refractivity contribution is 6.03. The molecule has 2 N–H and O–H groups in total. The Morgan fingerprint density at radius 1 is 1.48 bits per heavy atom. The molecule has 3 amide bonds. The Hall–Kier alpha value is -3.76. The summed E-state index contributed by atoms with van der Waals surface area (Å²) in [5.74, 6) is -0.156. The number of likely N-dealkylation sites (N-methyl/N-ethyl adjacent to an activating group) is 1. The molecule has 0 aliphatic carbocycles. The first-order valence-electron chi connectivity index (χ1n) is 7.99. The van der Waals surface area contributed by atoms with E-state index in [9.17, 15) is 19.7 Å². The van der Waals surface area contributed by atoms with Crippen molar-refractivity contribution in [2.24, 2.45) is 10.1 Å². The number of carbonyl (C=O) groups is 2. The van der Waals surface area contributed by atoms with E-state index >= 15 is 0 Å². The molecule has 0 bridgehead atoms. The van der Waals surface area contributed by atoms with Gasteiger partial charge in [0.15, 0.2) is 12.2 Å². The molecule has 2 aliphatic rings. The minimum absolute atomic E-state index is 0.0479. The number of nitrogens with one attached hydrogen (secondary N) is 2. The summed E-state index contributed by atoms with van der Waals surface area (Å²) in [6, 6.07) is 4.76. The average molecular weight is 371 g/mol. The molecule has 27 heavy (non-hydrogen) atoms. The largest absolute Gasteiger partial charge is 0.325 e. The Morgan fingerprint density at radius 3 is 2.96 bits per heavy atom. The second-order valence-corrected chi connectivity index (χ2v) is 5.88. The number of hydrogen-bond acceptors (Lipinski definition) is 8. The molecule has 0 aromatic heterocycles. The van der Waals surface area contributed by atoms with E-state index in [-0.39, 0.29) is 5.69 Å². The number of aliphatic imine (C=N–C) groups is 1. The molecule has 3 rings (SSSR count). The lowest BCUT2D eigenvalue weighted by molar-refractivity contribution is -0.384. The van der Waals surface area contributed by atoms with Crippen molar-refractivity contribution in [1.82, 2.24) is 20.5 Å². The number of non-ortho nitro benzene ring substituents is 1. The van der Waals surface area contributed by atoms with E-state index in [1.807, 2.05) is 0 Å². The van der Waals surface area contributed by atoms with Gasteiger partial charge in [-0.05, 0) is 0 Å². The molecule has 1 fully saturated rings. The number of hydrazone groups is 1. The summed E-state index contributed by atoms with van der Waals surface area (Å²) in [6.45, 7) is 3.98. The van der Waals surface area contributed by atoms with Crippen molar-refractivity contribution in [3.05, 3.63) is 52.6 Å². The molecule has 2 aliphatic heterocycles. The van der Waals surface area contributed by atoms with Gasteiger partial charge in [0.05, 0.1) is 11.1 Å². The van der Waals surface area contributed by atoms with E-state index in [4.69, 9.17) is 0 Å². The van der Waals surface area contributed by atoms with Crippen LogP contribution in [0.25, 0.3) is 0 Å². The highest BCUT2D eigenvalue weighted by Crippen LogP contribution is 2.23. The van der Waals surface area contributed by atoms with Gasteiger partial charge in [-0.25, -0.2) is 15.2 Å². The van der Waals surface area contributed by atoms with Crippen molar-refractivity contribution >= 4 is 29.8 Å². The smallest absolute Gasteiger partial charge is 0.322 e. The van der Waals surface area contributed by atoms with Gasteiger partial charge in [0.2, 0.25) is 5.96 Å². The fourth-order valence-electron chi connectivity index (χ4n) is 2.84. The number of hydrogen-bond donors (Lipinski definition) is 2. The van der Waals surface area contributed by atoms with Crippen LogP contribution in [0.5, 0.6) is 0 Å². The molecule has 1 saturated heterocycles. The number of imide groups is 1. The van der Waals surface area contributed by atoms with E-state index in [0.717, 1.165) is 0 Å². The maximum atomic E-state index is 12.2. The number of urea groups is 1. The molecule has 2 unspecified atom stereocenters. The highest BCUT2D eigenvalue weighted by atomic mass is 16.6. The summed E-state index contributed by atoms with van der Waals surface area (Å²) in [5.41, 5.74) is 3.21. The first kappa shape index (κ1) is 18.0. The third kappa shape index (κ3) is 3.47. The predicted octanol–water partition coefficient (Wildman–Crippen LogP) is 0.252. The Morgan fingerprint density at radius 2 is 2.26 bits per heavy atom. The molecule has 1 aromatic carbocycles.